The summed E-state index contributed by atoms with van der Waals surface area (Å²) >= 11 is 0. The highest BCUT2D eigenvalue weighted by molar-refractivity contribution is 7.92. The van der Waals surface area contributed by atoms with Gasteiger partial charge in [0.05, 0.1) is 28.6 Å². The molecular weight excluding hydrogens is 464 g/mol. The van der Waals surface area contributed by atoms with Crippen LogP contribution in [0.2, 0.25) is 0 Å². The highest BCUT2D eigenvalue weighted by Gasteiger charge is 2.20. The molecule has 0 saturated carbocycles. The predicted molar refractivity (Wildman–Crippen MR) is 136 cm³/mol. The van der Waals surface area contributed by atoms with Crippen LogP contribution in [0.1, 0.15) is 43.0 Å². The van der Waals surface area contributed by atoms with Crippen LogP contribution in [0, 0.1) is 0 Å². The van der Waals surface area contributed by atoms with E-state index in [0.717, 1.165) is 16.9 Å². The van der Waals surface area contributed by atoms with Crippen molar-refractivity contribution in [2.24, 2.45) is 0 Å². The fraction of sp³-hybridized carbons (Fsp3) is 0.231. The van der Waals surface area contributed by atoms with Crippen molar-refractivity contribution in [2.45, 2.75) is 38.3 Å². The number of hydrogen-bond acceptors (Lipinski definition) is 5. The molecule has 1 unspecified atom stereocenters. The highest BCUT2D eigenvalue weighted by Crippen LogP contribution is 2.23. The van der Waals surface area contributed by atoms with E-state index in [-0.39, 0.29) is 22.4 Å². The van der Waals surface area contributed by atoms with Crippen molar-refractivity contribution >= 4 is 32.7 Å². The average Bonchev–Trinajstić information content (AvgIpc) is 3.24. The molecule has 2 N–H and O–H groups in total. The average molecular weight is 493 g/mol. The summed E-state index contributed by atoms with van der Waals surface area (Å²) in [6.07, 6.45) is 0. The lowest BCUT2D eigenvalue weighted by atomic mass is 10.2. The molecule has 4 rings (SSSR count). The fourth-order valence-corrected chi connectivity index (χ4v) is 5.01. The molecule has 0 fully saturated rings. The molecule has 0 spiro atoms. The summed E-state index contributed by atoms with van der Waals surface area (Å²) in [5.41, 5.74) is 2.50. The zero-order valence-electron chi connectivity index (χ0n) is 19.9. The van der Waals surface area contributed by atoms with Crippen LogP contribution in [0.5, 0.6) is 5.75 Å². The van der Waals surface area contributed by atoms with Gasteiger partial charge in [-0.1, -0.05) is 18.2 Å². The van der Waals surface area contributed by atoms with Gasteiger partial charge in [-0.05, 0) is 75.4 Å². The van der Waals surface area contributed by atoms with Crippen molar-refractivity contribution < 1.29 is 17.9 Å². The van der Waals surface area contributed by atoms with Gasteiger partial charge in [0.2, 0.25) is 0 Å². The molecule has 8 nitrogen and oxygen atoms in total. The van der Waals surface area contributed by atoms with Crippen LogP contribution in [-0.2, 0) is 16.6 Å². The quantitative estimate of drug-likeness (QED) is 0.351. The molecule has 1 atom stereocenters. The van der Waals surface area contributed by atoms with Gasteiger partial charge in [0, 0.05) is 17.8 Å². The van der Waals surface area contributed by atoms with Crippen LogP contribution >= 0.6 is 0 Å². The summed E-state index contributed by atoms with van der Waals surface area (Å²) in [7, 11) is -3.89. The molecule has 9 heteroatoms. The molecule has 0 bridgehead atoms. The van der Waals surface area contributed by atoms with Crippen molar-refractivity contribution in [3.05, 3.63) is 84.2 Å². The Morgan fingerprint density at radius 1 is 1.03 bits per heavy atom. The normalized spacial score (nSPS) is 12.3. The number of aromatic nitrogens is 2. The number of carbonyl (C=O) groups is 1. The number of para-hydroxylation sites is 2. The monoisotopic (exact) mass is 492 g/mol. The second kappa shape index (κ2) is 10.2. The Morgan fingerprint density at radius 2 is 1.77 bits per heavy atom. The number of nitrogens with zero attached hydrogens (tertiary/aromatic N) is 2. The third-order valence-electron chi connectivity index (χ3n) is 5.56. The zero-order chi connectivity index (χ0) is 25.0. The summed E-state index contributed by atoms with van der Waals surface area (Å²) in [6.45, 7) is 6.99. The lowest BCUT2D eigenvalue weighted by Crippen LogP contribution is -2.29. The largest absolute Gasteiger partial charge is 0.494 e. The third-order valence-corrected chi connectivity index (χ3v) is 6.94. The Hall–Kier alpha value is -3.85. The van der Waals surface area contributed by atoms with E-state index in [0.29, 0.717) is 24.6 Å². The van der Waals surface area contributed by atoms with E-state index in [2.05, 4.69) is 19.6 Å². The summed E-state index contributed by atoms with van der Waals surface area (Å²) in [5.74, 6) is 1.01. The maximum atomic E-state index is 13.0. The van der Waals surface area contributed by atoms with E-state index in [1.807, 2.05) is 45.0 Å². The number of imidazole rings is 1. The van der Waals surface area contributed by atoms with Crippen molar-refractivity contribution in [2.75, 3.05) is 11.3 Å². The molecule has 0 aliphatic heterocycles. The number of aryl methyl sites for hydroxylation is 1. The van der Waals surface area contributed by atoms with Gasteiger partial charge in [-0.2, -0.15) is 0 Å². The number of benzene rings is 3. The summed E-state index contributed by atoms with van der Waals surface area (Å²) < 4.78 is 35.8. The van der Waals surface area contributed by atoms with Crippen LogP contribution in [0.25, 0.3) is 11.0 Å². The van der Waals surface area contributed by atoms with Gasteiger partial charge in [0.1, 0.15) is 11.6 Å². The van der Waals surface area contributed by atoms with E-state index in [1.54, 1.807) is 36.4 Å². The van der Waals surface area contributed by atoms with Gasteiger partial charge in [-0.15, -0.1) is 0 Å². The second-order valence-electron chi connectivity index (χ2n) is 7.99. The molecule has 0 radical (unpaired) electrons. The first kappa shape index (κ1) is 24.3. The van der Waals surface area contributed by atoms with Crippen molar-refractivity contribution in [1.29, 1.82) is 0 Å². The minimum absolute atomic E-state index is 0.00696. The molecule has 0 aliphatic carbocycles. The lowest BCUT2D eigenvalue weighted by molar-refractivity contribution is 0.0937. The molecule has 1 heterocycles. The minimum Gasteiger partial charge on any atom is -0.494 e. The maximum Gasteiger partial charge on any atom is 0.261 e. The van der Waals surface area contributed by atoms with Gasteiger partial charge in [0.25, 0.3) is 15.9 Å². The molecular formula is C26H28N4O4S. The summed E-state index contributed by atoms with van der Waals surface area (Å²) in [6, 6.07) is 20.0. The highest BCUT2D eigenvalue weighted by atomic mass is 32.2. The lowest BCUT2D eigenvalue weighted by Gasteiger charge is -2.16. The van der Waals surface area contributed by atoms with Crippen LogP contribution in [0.4, 0.5) is 5.69 Å². The Kier molecular flexibility index (Phi) is 7.07. The topological polar surface area (TPSA) is 102 Å². The smallest absolute Gasteiger partial charge is 0.261 e. The van der Waals surface area contributed by atoms with E-state index < -0.39 is 10.0 Å². The number of ether oxygens (including phenoxy) is 1. The molecule has 0 saturated heterocycles. The molecule has 1 amide bonds. The van der Waals surface area contributed by atoms with Gasteiger partial charge in [-0.3, -0.25) is 9.52 Å². The standard InChI is InChI=1S/C26H28N4O4S/c1-4-30-24-12-7-6-11-23(24)28-25(30)18(3)27-26(31)19-9-8-10-22(17-19)35(32,33)29-20-13-15-21(16-14-20)34-5-2/h6-18,29H,4-5H2,1-3H3,(H,27,31). The van der Waals surface area contributed by atoms with Gasteiger partial charge < -0.3 is 14.6 Å². The third kappa shape index (κ3) is 5.30. The van der Waals surface area contributed by atoms with Gasteiger partial charge in [-0.25, -0.2) is 13.4 Å². The number of anilines is 1. The van der Waals surface area contributed by atoms with Gasteiger partial charge >= 0.3 is 0 Å². The minimum atomic E-state index is -3.89. The van der Waals surface area contributed by atoms with Crippen LogP contribution < -0.4 is 14.8 Å². The van der Waals surface area contributed by atoms with E-state index >= 15 is 0 Å². The molecule has 35 heavy (non-hydrogen) atoms. The Labute approximate surface area is 205 Å². The van der Waals surface area contributed by atoms with E-state index in [4.69, 9.17) is 4.74 Å². The summed E-state index contributed by atoms with van der Waals surface area (Å²) in [5, 5.41) is 2.94. The second-order valence-corrected chi connectivity index (χ2v) is 9.67. The number of carbonyl (C=O) groups excluding carboxylic acids is 1. The molecule has 1 aromatic heterocycles. The first-order chi connectivity index (χ1) is 16.8. The molecule has 182 valence electrons. The Bertz CT molecular complexity index is 1450. The Balaban J connectivity index is 1.51. The molecule has 4 aromatic rings. The van der Waals surface area contributed by atoms with Crippen LogP contribution in [0.15, 0.2) is 77.7 Å². The molecule has 0 aliphatic rings. The number of nitrogens with one attached hydrogen (secondary N) is 2. The zero-order valence-corrected chi connectivity index (χ0v) is 20.7. The number of fused-ring (bicyclic) bond motifs is 1. The number of amides is 1. The first-order valence-corrected chi connectivity index (χ1v) is 12.9. The molecule has 3 aromatic carbocycles. The van der Waals surface area contributed by atoms with E-state index in [9.17, 15) is 13.2 Å². The van der Waals surface area contributed by atoms with Crippen molar-refractivity contribution in [3.63, 3.8) is 0 Å². The van der Waals surface area contributed by atoms with Crippen molar-refractivity contribution in [1.82, 2.24) is 14.9 Å². The fourth-order valence-electron chi connectivity index (χ4n) is 3.91. The van der Waals surface area contributed by atoms with Crippen LogP contribution in [0.3, 0.4) is 0 Å². The predicted octanol–water partition coefficient (Wildman–Crippen LogP) is 4.75. The first-order valence-electron chi connectivity index (χ1n) is 11.4. The SMILES string of the molecule is CCOc1ccc(NS(=O)(=O)c2cccc(C(=O)NC(C)c3nc4ccccc4n3CC)c2)cc1. The maximum absolute atomic E-state index is 13.0. The number of rotatable bonds is 9. The van der Waals surface area contributed by atoms with Crippen molar-refractivity contribution in [3.8, 4) is 5.75 Å². The van der Waals surface area contributed by atoms with E-state index in [1.165, 1.54) is 12.1 Å². The Morgan fingerprint density at radius 3 is 2.49 bits per heavy atom. The summed E-state index contributed by atoms with van der Waals surface area (Å²) in [4.78, 5) is 17.7. The van der Waals surface area contributed by atoms with Gasteiger partial charge in [0.15, 0.2) is 0 Å². The number of sulfonamides is 1. The van der Waals surface area contributed by atoms with Crippen LogP contribution in [-0.4, -0.2) is 30.5 Å². The number of hydrogen-bond donors (Lipinski definition) is 2.